The zero-order chi connectivity index (χ0) is 19.7. The first-order chi connectivity index (χ1) is 13.5. The van der Waals surface area contributed by atoms with E-state index in [1.165, 1.54) is 12.1 Å². The molecular weight excluding hydrogens is 358 g/mol. The molecule has 0 saturated carbocycles. The second kappa shape index (κ2) is 7.26. The summed E-state index contributed by atoms with van der Waals surface area (Å²) in [6.45, 7) is 4.18. The lowest BCUT2D eigenvalue weighted by Crippen LogP contribution is -2.40. The summed E-state index contributed by atoms with van der Waals surface area (Å²) in [5.74, 6) is 1.56. The van der Waals surface area contributed by atoms with Crippen LogP contribution in [0.15, 0.2) is 54.9 Å². The fraction of sp³-hybridized carbons (Fsp3) is 0.238. The lowest BCUT2D eigenvalue weighted by molar-refractivity contribution is -0.125. The number of nitrogens with zero attached hydrogens (tertiary/aromatic N) is 2. The quantitative estimate of drug-likeness (QED) is 0.727. The molecule has 28 heavy (non-hydrogen) atoms. The van der Waals surface area contributed by atoms with Crippen LogP contribution in [0.25, 0.3) is 0 Å². The maximum atomic E-state index is 12.5. The van der Waals surface area contributed by atoms with E-state index in [1.54, 1.807) is 12.3 Å². The van der Waals surface area contributed by atoms with E-state index in [2.05, 4.69) is 21.8 Å². The third kappa shape index (κ3) is 3.51. The molecule has 7 nitrogen and oxygen atoms in total. The minimum atomic E-state index is -0.790. The average Bonchev–Trinajstić information content (AvgIpc) is 3.13. The van der Waals surface area contributed by atoms with Crippen molar-refractivity contribution in [3.8, 4) is 17.2 Å². The molecule has 0 spiro atoms. The van der Waals surface area contributed by atoms with Crippen molar-refractivity contribution in [2.45, 2.75) is 26.0 Å². The number of aryl methyl sites for hydroxylation is 1. The van der Waals surface area contributed by atoms with Crippen molar-refractivity contribution in [2.75, 3.05) is 11.9 Å². The van der Waals surface area contributed by atoms with Gasteiger partial charge in [0.15, 0.2) is 11.5 Å². The number of anilines is 1. The zero-order valence-electron chi connectivity index (χ0n) is 15.6. The summed E-state index contributed by atoms with van der Waals surface area (Å²) in [4.78, 5) is 16.8. The van der Waals surface area contributed by atoms with Crippen LogP contribution in [0.1, 0.15) is 24.4 Å². The third-order valence-electron chi connectivity index (χ3n) is 4.82. The third-order valence-corrected chi connectivity index (χ3v) is 4.82. The maximum absolute atomic E-state index is 12.5. The molecule has 1 aliphatic heterocycles. The highest BCUT2D eigenvalue weighted by Crippen LogP contribution is 2.34. The Kier molecular flexibility index (Phi) is 4.65. The van der Waals surface area contributed by atoms with E-state index in [0.29, 0.717) is 17.2 Å². The number of aromatic nitrogens is 2. The number of phenolic OH excluding ortho intramolecular Hbond substituents is 1. The summed E-state index contributed by atoms with van der Waals surface area (Å²) in [6.07, 6.45) is 2.94. The largest absolute Gasteiger partial charge is 0.508 e. The van der Waals surface area contributed by atoms with Crippen LogP contribution in [-0.2, 0) is 4.79 Å². The Labute approximate surface area is 162 Å². The molecule has 0 saturated heterocycles. The number of benzene rings is 2. The number of rotatable bonds is 4. The van der Waals surface area contributed by atoms with Crippen molar-refractivity contribution in [3.05, 3.63) is 66.2 Å². The van der Waals surface area contributed by atoms with Gasteiger partial charge in [0.1, 0.15) is 18.2 Å². The van der Waals surface area contributed by atoms with Crippen LogP contribution < -0.4 is 14.8 Å². The highest BCUT2D eigenvalue weighted by Gasteiger charge is 2.27. The first-order valence-electron chi connectivity index (χ1n) is 9.04. The lowest BCUT2D eigenvalue weighted by atomic mass is 10.1. The molecule has 1 aromatic heterocycles. The highest BCUT2D eigenvalue weighted by molar-refractivity contribution is 5.94. The van der Waals surface area contributed by atoms with E-state index < -0.39 is 6.10 Å². The Bertz CT molecular complexity index is 997. The first-order valence-corrected chi connectivity index (χ1v) is 9.04. The second-order valence-corrected chi connectivity index (χ2v) is 6.72. The molecule has 0 unspecified atom stereocenters. The van der Waals surface area contributed by atoms with Crippen molar-refractivity contribution in [2.24, 2.45) is 0 Å². The minimum absolute atomic E-state index is 0.0567. The Hall–Kier alpha value is -3.48. The van der Waals surface area contributed by atoms with Gasteiger partial charge in [0.2, 0.25) is 6.10 Å². The van der Waals surface area contributed by atoms with Gasteiger partial charge in [-0.15, -0.1) is 0 Å². The fourth-order valence-electron chi connectivity index (χ4n) is 3.22. The number of phenols is 1. The highest BCUT2D eigenvalue weighted by atomic mass is 16.6. The molecular formula is C21H21N3O4. The molecule has 0 radical (unpaired) electrons. The molecule has 0 bridgehead atoms. The minimum Gasteiger partial charge on any atom is -0.508 e. The van der Waals surface area contributed by atoms with Gasteiger partial charge >= 0.3 is 0 Å². The van der Waals surface area contributed by atoms with E-state index in [9.17, 15) is 9.90 Å². The van der Waals surface area contributed by atoms with Gasteiger partial charge in [-0.3, -0.25) is 4.79 Å². The van der Waals surface area contributed by atoms with Crippen LogP contribution in [0.4, 0.5) is 5.69 Å². The second-order valence-electron chi connectivity index (χ2n) is 6.72. The summed E-state index contributed by atoms with van der Waals surface area (Å²) >= 11 is 0. The number of imidazole rings is 1. The lowest BCUT2D eigenvalue weighted by Gasteiger charge is -2.25. The van der Waals surface area contributed by atoms with Gasteiger partial charge < -0.3 is 24.5 Å². The smallest absolute Gasteiger partial charge is 0.269 e. The normalized spacial score (nSPS) is 16.4. The molecule has 1 amide bonds. The standard InChI is InChI=1S/C21H21N3O4/c1-13(24-10-9-22-14(24)2)15-3-5-16(6-4-15)23-21(26)20-12-27-18-8-7-17(25)11-19(18)28-20/h3-11,13,20,25H,12H2,1-2H3,(H,23,26)/t13-,20+/m0/s1. The molecule has 4 rings (SSSR count). The fourth-order valence-corrected chi connectivity index (χ4v) is 3.22. The molecule has 3 aromatic rings. The van der Waals surface area contributed by atoms with Crippen molar-refractivity contribution in [1.29, 1.82) is 0 Å². The summed E-state index contributed by atoms with van der Waals surface area (Å²) in [7, 11) is 0. The molecule has 2 atom stereocenters. The molecule has 144 valence electrons. The maximum Gasteiger partial charge on any atom is 0.269 e. The SMILES string of the molecule is Cc1nccn1[C@@H](C)c1ccc(NC(=O)[C@H]2COc3ccc(O)cc3O2)cc1. The van der Waals surface area contributed by atoms with Crippen LogP contribution in [0, 0.1) is 6.92 Å². The van der Waals surface area contributed by atoms with E-state index in [-0.39, 0.29) is 24.3 Å². The number of hydrogen-bond acceptors (Lipinski definition) is 5. The Morgan fingerprint density at radius 1 is 1.25 bits per heavy atom. The van der Waals surface area contributed by atoms with Gasteiger partial charge in [-0.1, -0.05) is 12.1 Å². The van der Waals surface area contributed by atoms with Crippen molar-refractivity contribution >= 4 is 11.6 Å². The topological polar surface area (TPSA) is 85.6 Å². The molecule has 0 fully saturated rings. The monoisotopic (exact) mass is 379 g/mol. The van der Waals surface area contributed by atoms with Crippen LogP contribution in [0.2, 0.25) is 0 Å². The molecule has 2 N–H and O–H groups in total. The van der Waals surface area contributed by atoms with E-state index in [4.69, 9.17) is 9.47 Å². The van der Waals surface area contributed by atoms with Gasteiger partial charge in [-0.2, -0.15) is 0 Å². The number of nitrogens with one attached hydrogen (secondary N) is 1. The number of fused-ring (bicyclic) bond motifs is 1. The van der Waals surface area contributed by atoms with E-state index in [0.717, 1.165) is 11.4 Å². The Balaban J connectivity index is 1.42. The van der Waals surface area contributed by atoms with Crippen molar-refractivity contribution < 1.29 is 19.4 Å². The summed E-state index contributed by atoms with van der Waals surface area (Å²) < 4.78 is 13.3. The molecule has 7 heteroatoms. The summed E-state index contributed by atoms with van der Waals surface area (Å²) in [5, 5.41) is 12.4. The number of ether oxygens (including phenoxy) is 2. The zero-order valence-corrected chi connectivity index (χ0v) is 15.6. The first kappa shape index (κ1) is 17.9. The molecule has 2 heterocycles. The van der Waals surface area contributed by atoms with E-state index in [1.807, 2.05) is 37.4 Å². The predicted octanol–water partition coefficient (Wildman–Crippen LogP) is 3.28. The van der Waals surface area contributed by atoms with Crippen LogP contribution in [0.3, 0.4) is 0 Å². The van der Waals surface area contributed by atoms with E-state index >= 15 is 0 Å². The number of hydrogen-bond donors (Lipinski definition) is 2. The Morgan fingerprint density at radius 3 is 2.75 bits per heavy atom. The van der Waals surface area contributed by atoms with Gasteiger partial charge in [0.25, 0.3) is 5.91 Å². The van der Waals surface area contributed by atoms with Crippen LogP contribution >= 0.6 is 0 Å². The Morgan fingerprint density at radius 2 is 2.04 bits per heavy atom. The van der Waals surface area contributed by atoms with Crippen molar-refractivity contribution in [3.63, 3.8) is 0 Å². The van der Waals surface area contributed by atoms with Crippen LogP contribution in [0.5, 0.6) is 17.2 Å². The number of amides is 1. The summed E-state index contributed by atoms with van der Waals surface area (Å²) in [5.41, 5.74) is 1.79. The predicted molar refractivity (Wildman–Crippen MR) is 104 cm³/mol. The summed E-state index contributed by atoms with van der Waals surface area (Å²) in [6, 6.07) is 12.4. The van der Waals surface area contributed by atoms with Gasteiger partial charge in [-0.25, -0.2) is 4.98 Å². The van der Waals surface area contributed by atoms with Crippen molar-refractivity contribution in [1.82, 2.24) is 9.55 Å². The van der Waals surface area contributed by atoms with Gasteiger partial charge in [0, 0.05) is 24.1 Å². The average molecular weight is 379 g/mol. The molecule has 1 aliphatic rings. The molecule has 2 aromatic carbocycles. The van der Waals surface area contributed by atoms with Gasteiger partial charge in [0.05, 0.1) is 6.04 Å². The van der Waals surface area contributed by atoms with Gasteiger partial charge in [-0.05, 0) is 43.7 Å². The number of aromatic hydroxyl groups is 1. The number of carbonyl (C=O) groups excluding carboxylic acids is 1. The molecule has 0 aliphatic carbocycles. The number of carbonyl (C=O) groups is 1. The van der Waals surface area contributed by atoms with Crippen LogP contribution in [-0.4, -0.2) is 33.3 Å².